The van der Waals surface area contributed by atoms with Gasteiger partial charge in [0.1, 0.15) is 6.04 Å². The van der Waals surface area contributed by atoms with Crippen molar-refractivity contribution in [3.05, 3.63) is 52.2 Å². The molecule has 1 fully saturated rings. The molecule has 2 aliphatic heterocycles. The second-order valence-corrected chi connectivity index (χ2v) is 10.4. The number of fused-ring (bicyclic) bond motifs is 1. The zero-order chi connectivity index (χ0) is 19.7. The Hall–Kier alpha value is -1.74. The Labute approximate surface area is 170 Å². The highest BCUT2D eigenvalue weighted by Crippen LogP contribution is 2.24. The maximum atomic E-state index is 12.8. The zero-order valence-corrected chi connectivity index (χ0v) is 17.6. The lowest BCUT2D eigenvalue weighted by atomic mass is 10.0. The summed E-state index contributed by atoms with van der Waals surface area (Å²) in [5, 5.41) is 2.14. The van der Waals surface area contributed by atoms with E-state index in [2.05, 4.69) is 18.4 Å². The number of nitrogens with zero attached hydrogens (tertiary/aromatic N) is 2. The molecule has 8 heteroatoms. The molecule has 2 atom stereocenters. The molecule has 3 heterocycles. The molecule has 0 spiro atoms. The van der Waals surface area contributed by atoms with E-state index in [1.807, 2.05) is 16.2 Å². The number of amides is 1. The predicted octanol–water partition coefficient (Wildman–Crippen LogP) is 0.783. The Morgan fingerprint density at radius 1 is 1.14 bits per heavy atom. The number of rotatable bonds is 4. The lowest BCUT2D eigenvalue weighted by Gasteiger charge is -2.36. The molecule has 1 aromatic carbocycles. The first-order valence-corrected chi connectivity index (χ1v) is 12.0. The average Bonchev–Trinajstić information content (AvgIpc) is 3.20. The van der Waals surface area contributed by atoms with E-state index in [1.54, 1.807) is 30.3 Å². The minimum atomic E-state index is -3.48. The fraction of sp³-hybridized carbons (Fsp3) is 0.450. The van der Waals surface area contributed by atoms with Crippen molar-refractivity contribution in [1.82, 2.24) is 9.21 Å². The van der Waals surface area contributed by atoms with E-state index in [9.17, 15) is 13.2 Å². The van der Waals surface area contributed by atoms with Crippen molar-refractivity contribution >= 4 is 27.3 Å². The summed E-state index contributed by atoms with van der Waals surface area (Å²) in [4.78, 5) is 17.7. The summed E-state index contributed by atoms with van der Waals surface area (Å²) >= 11 is 1.81. The Bertz CT molecular complexity index is 935. The number of piperazine rings is 1. The maximum absolute atomic E-state index is 12.8. The van der Waals surface area contributed by atoms with Crippen LogP contribution in [0.15, 0.2) is 46.7 Å². The van der Waals surface area contributed by atoms with Gasteiger partial charge in [-0.05, 0) is 30.5 Å². The number of hydrogen-bond donors (Lipinski definition) is 1. The van der Waals surface area contributed by atoms with Gasteiger partial charge < -0.3 is 9.80 Å². The Balaban J connectivity index is 1.35. The molecule has 1 aromatic heterocycles. The predicted molar refractivity (Wildman–Crippen MR) is 109 cm³/mol. The molecule has 2 aromatic rings. The van der Waals surface area contributed by atoms with E-state index in [4.69, 9.17) is 0 Å². The summed E-state index contributed by atoms with van der Waals surface area (Å²) in [7, 11) is -3.48. The van der Waals surface area contributed by atoms with Gasteiger partial charge in [0.2, 0.25) is 10.0 Å². The molecule has 0 saturated carbocycles. The molecular weight excluding hydrogens is 394 g/mol. The smallest absolute Gasteiger partial charge is 0.277 e. The van der Waals surface area contributed by atoms with Crippen LogP contribution in [-0.4, -0.2) is 62.8 Å². The first-order chi connectivity index (χ1) is 13.5. The quantitative estimate of drug-likeness (QED) is 0.795. The van der Waals surface area contributed by atoms with Crippen LogP contribution >= 0.6 is 11.3 Å². The second kappa shape index (κ2) is 7.94. The van der Waals surface area contributed by atoms with Crippen LogP contribution in [0.3, 0.4) is 0 Å². The molecule has 150 valence electrons. The molecule has 0 radical (unpaired) electrons. The number of sulfonamides is 1. The largest absolute Gasteiger partial charge is 0.335 e. The van der Waals surface area contributed by atoms with Crippen molar-refractivity contribution in [2.75, 3.05) is 39.3 Å². The van der Waals surface area contributed by atoms with Gasteiger partial charge in [0.15, 0.2) is 6.54 Å². The average molecular weight is 421 g/mol. The third-order valence-electron chi connectivity index (χ3n) is 5.88. The van der Waals surface area contributed by atoms with Gasteiger partial charge in [0.25, 0.3) is 5.91 Å². The molecule has 1 saturated heterocycles. The molecule has 1 N–H and O–H groups in total. The Morgan fingerprint density at radius 3 is 2.57 bits per heavy atom. The number of quaternary nitrogens is 1. The summed E-state index contributed by atoms with van der Waals surface area (Å²) < 4.78 is 27.0. The number of nitrogens with one attached hydrogen (secondary N) is 1. The van der Waals surface area contributed by atoms with E-state index in [0.29, 0.717) is 43.7 Å². The fourth-order valence-corrected chi connectivity index (χ4v) is 6.54. The fourth-order valence-electron chi connectivity index (χ4n) is 4.12. The van der Waals surface area contributed by atoms with Gasteiger partial charge in [-0.15, -0.1) is 11.3 Å². The van der Waals surface area contributed by atoms with Crippen LogP contribution in [0.25, 0.3) is 0 Å². The standard InChI is InChI=1S/C20H25N3O3S2/c1-16-18-8-14-27-19(18)7-9-22(16)15-20(24)21-10-12-23(13-11-21)28(25,26)17-5-3-2-4-6-17/h2-6,8,14,16H,7,9-13,15H2,1H3/p+1/t16-/m1/s1. The van der Waals surface area contributed by atoms with Gasteiger partial charge >= 0.3 is 0 Å². The molecular formula is C20H26N3O3S2+. The van der Waals surface area contributed by atoms with E-state index in [0.717, 1.165) is 13.0 Å². The summed E-state index contributed by atoms with van der Waals surface area (Å²) in [5.41, 5.74) is 1.37. The van der Waals surface area contributed by atoms with E-state index >= 15 is 0 Å². The van der Waals surface area contributed by atoms with Crippen molar-refractivity contribution in [3.63, 3.8) is 0 Å². The molecule has 0 bridgehead atoms. The monoisotopic (exact) mass is 420 g/mol. The molecule has 28 heavy (non-hydrogen) atoms. The van der Waals surface area contributed by atoms with Crippen LogP contribution in [0.2, 0.25) is 0 Å². The van der Waals surface area contributed by atoms with Crippen LogP contribution in [-0.2, 0) is 21.2 Å². The minimum Gasteiger partial charge on any atom is -0.335 e. The van der Waals surface area contributed by atoms with Gasteiger partial charge in [-0.2, -0.15) is 4.31 Å². The molecule has 1 amide bonds. The third kappa shape index (κ3) is 3.74. The van der Waals surface area contributed by atoms with Gasteiger partial charge in [0, 0.05) is 43.0 Å². The lowest BCUT2D eigenvalue weighted by molar-refractivity contribution is -0.924. The van der Waals surface area contributed by atoms with Crippen LogP contribution in [0.5, 0.6) is 0 Å². The molecule has 4 rings (SSSR count). The first-order valence-electron chi connectivity index (χ1n) is 9.70. The Kier molecular flexibility index (Phi) is 5.55. The molecule has 2 aliphatic rings. The number of carbonyl (C=O) groups is 1. The summed E-state index contributed by atoms with van der Waals surface area (Å²) in [6.45, 7) is 5.25. The van der Waals surface area contributed by atoms with Gasteiger partial charge in [-0.1, -0.05) is 18.2 Å². The van der Waals surface area contributed by atoms with Crippen molar-refractivity contribution in [2.45, 2.75) is 24.3 Å². The van der Waals surface area contributed by atoms with E-state index in [1.165, 1.54) is 19.6 Å². The molecule has 0 aliphatic carbocycles. The highest BCUT2D eigenvalue weighted by molar-refractivity contribution is 7.89. The highest BCUT2D eigenvalue weighted by Gasteiger charge is 2.34. The van der Waals surface area contributed by atoms with E-state index < -0.39 is 10.0 Å². The number of carbonyl (C=O) groups excluding carboxylic acids is 1. The number of hydrogen-bond acceptors (Lipinski definition) is 4. The third-order valence-corrected chi connectivity index (χ3v) is 8.79. The summed E-state index contributed by atoms with van der Waals surface area (Å²) in [6, 6.07) is 11.0. The van der Waals surface area contributed by atoms with Gasteiger partial charge in [0.05, 0.1) is 11.4 Å². The topological polar surface area (TPSA) is 62.1 Å². The number of thiophene rings is 1. The molecule has 1 unspecified atom stereocenters. The Morgan fingerprint density at radius 2 is 1.86 bits per heavy atom. The van der Waals surface area contributed by atoms with Crippen molar-refractivity contribution in [2.24, 2.45) is 0 Å². The lowest BCUT2D eigenvalue weighted by Crippen LogP contribution is -3.14. The molecule has 6 nitrogen and oxygen atoms in total. The zero-order valence-electron chi connectivity index (χ0n) is 16.0. The maximum Gasteiger partial charge on any atom is 0.277 e. The first kappa shape index (κ1) is 19.6. The van der Waals surface area contributed by atoms with Crippen molar-refractivity contribution in [1.29, 1.82) is 0 Å². The van der Waals surface area contributed by atoms with Gasteiger partial charge in [-0.3, -0.25) is 4.79 Å². The van der Waals surface area contributed by atoms with Crippen LogP contribution < -0.4 is 4.90 Å². The van der Waals surface area contributed by atoms with E-state index in [-0.39, 0.29) is 5.91 Å². The number of benzene rings is 1. The van der Waals surface area contributed by atoms with Crippen molar-refractivity contribution < 1.29 is 18.1 Å². The SMILES string of the molecule is C[C@@H]1c2ccsc2CC[NH+]1CC(=O)N1CCN(S(=O)(=O)c2ccccc2)CC1. The normalized spacial score (nSPS) is 23.4. The summed E-state index contributed by atoms with van der Waals surface area (Å²) in [5.74, 6) is 0.122. The van der Waals surface area contributed by atoms with Crippen molar-refractivity contribution in [3.8, 4) is 0 Å². The van der Waals surface area contributed by atoms with Crippen LogP contribution in [0.4, 0.5) is 0 Å². The highest BCUT2D eigenvalue weighted by atomic mass is 32.2. The minimum absolute atomic E-state index is 0.122. The van der Waals surface area contributed by atoms with Crippen LogP contribution in [0.1, 0.15) is 23.4 Å². The summed E-state index contributed by atoms with van der Waals surface area (Å²) in [6.07, 6.45) is 1.03. The van der Waals surface area contributed by atoms with Crippen LogP contribution in [0, 0.1) is 0 Å². The second-order valence-electron chi connectivity index (χ2n) is 7.45. The van der Waals surface area contributed by atoms with Gasteiger partial charge in [-0.25, -0.2) is 8.42 Å².